The van der Waals surface area contributed by atoms with Crippen molar-refractivity contribution in [1.29, 1.82) is 0 Å². The summed E-state index contributed by atoms with van der Waals surface area (Å²) in [5, 5.41) is 0. The van der Waals surface area contributed by atoms with Gasteiger partial charge in [0.1, 0.15) is 4.90 Å². The predicted octanol–water partition coefficient (Wildman–Crippen LogP) is 3.20. The van der Waals surface area contributed by atoms with E-state index in [4.69, 9.17) is 0 Å². The van der Waals surface area contributed by atoms with Crippen molar-refractivity contribution in [3.8, 4) is 0 Å². The highest BCUT2D eigenvalue weighted by molar-refractivity contribution is 7.89. The van der Waals surface area contributed by atoms with Crippen LogP contribution in [0.5, 0.6) is 0 Å². The van der Waals surface area contributed by atoms with Gasteiger partial charge in [0.2, 0.25) is 10.0 Å². The maximum Gasteiger partial charge on any atom is 0.243 e. The Bertz CT molecular complexity index is 820. The van der Waals surface area contributed by atoms with Gasteiger partial charge in [-0.15, -0.1) is 0 Å². The Kier molecular flexibility index (Phi) is 4.58. The molecule has 0 aromatic heterocycles. The van der Waals surface area contributed by atoms with Gasteiger partial charge in [-0.05, 0) is 42.7 Å². The number of hydrogen-bond donors (Lipinski definition) is 1. The molecule has 118 valence electrons. The number of nitrogens with one attached hydrogen (secondary N) is 1. The van der Waals surface area contributed by atoms with Gasteiger partial charge in [-0.25, -0.2) is 26.3 Å². The largest absolute Gasteiger partial charge is 0.243 e. The van der Waals surface area contributed by atoms with Crippen molar-refractivity contribution in [2.75, 3.05) is 0 Å². The third-order valence-electron chi connectivity index (χ3n) is 3.46. The van der Waals surface area contributed by atoms with Crippen molar-refractivity contribution in [3.63, 3.8) is 0 Å². The molecular formula is C15H14F3NO2S. The van der Waals surface area contributed by atoms with Crippen molar-refractivity contribution >= 4 is 10.0 Å². The highest BCUT2D eigenvalue weighted by Gasteiger charge is 2.23. The highest BCUT2D eigenvalue weighted by Crippen LogP contribution is 2.20. The quantitative estimate of drug-likeness (QED) is 0.876. The average Bonchev–Trinajstić information content (AvgIpc) is 2.46. The van der Waals surface area contributed by atoms with Gasteiger partial charge in [0.25, 0.3) is 0 Å². The van der Waals surface area contributed by atoms with Crippen molar-refractivity contribution in [3.05, 3.63) is 64.5 Å². The van der Waals surface area contributed by atoms with E-state index < -0.39 is 32.4 Å². The molecular weight excluding hydrogens is 315 g/mol. The smallest absolute Gasteiger partial charge is 0.207 e. The predicted molar refractivity (Wildman–Crippen MR) is 76.3 cm³/mol. The van der Waals surface area contributed by atoms with Gasteiger partial charge < -0.3 is 0 Å². The van der Waals surface area contributed by atoms with E-state index in [-0.39, 0.29) is 6.54 Å². The van der Waals surface area contributed by atoms with Crippen LogP contribution < -0.4 is 4.72 Å². The molecule has 0 bridgehead atoms. The summed E-state index contributed by atoms with van der Waals surface area (Å²) in [4.78, 5) is -0.920. The molecule has 0 atom stereocenters. The van der Waals surface area contributed by atoms with Crippen molar-refractivity contribution in [2.24, 2.45) is 0 Å². The number of sulfonamides is 1. The van der Waals surface area contributed by atoms with Crippen molar-refractivity contribution in [2.45, 2.75) is 25.3 Å². The van der Waals surface area contributed by atoms with E-state index in [9.17, 15) is 21.6 Å². The van der Waals surface area contributed by atoms with Crippen LogP contribution in [0.15, 0.2) is 35.2 Å². The molecule has 2 aromatic carbocycles. The number of hydrogen-bond acceptors (Lipinski definition) is 2. The second kappa shape index (κ2) is 6.10. The Balaban J connectivity index is 2.29. The van der Waals surface area contributed by atoms with E-state index in [0.29, 0.717) is 17.7 Å². The van der Waals surface area contributed by atoms with E-state index in [1.807, 2.05) is 19.9 Å². The summed E-state index contributed by atoms with van der Waals surface area (Å²) in [6.45, 7) is 3.63. The van der Waals surface area contributed by atoms with Gasteiger partial charge in [0, 0.05) is 6.54 Å². The second-order valence-corrected chi connectivity index (χ2v) is 6.59. The van der Waals surface area contributed by atoms with Gasteiger partial charge in [0.05, 0.1) is 0 Å². The van der Waals surface area contributed by atoms with Crippen LogP contribution in [0.3, 0.4) is 0 Å². The molecule has 0 aliphatic carbocycles. The number of aryl methyl sites for hydroxylation is 1. The average molecular weight is 329 g/mol. The summed E-state index contributed by atoms with van der Waals surface area (Å²) in [7, 11) is -4.29. The first-order chi connectivity index (χ1) is 10.2. The van der Waals surface area contributed by atoms with Gasteiger partial charge in [-0.1, -0.05) is 18.2 Å². The Morgan fingerprint density at radius 2 is 1.68 bits per heavy atom. The number of benzene rings is 2. The molecule has 0 aliphatic heterocycles. The fraction of sp³-hybridized carbons (Fsp3) is 0.200. The van der Waals surface area contributed by atoms with E-state index in [2.05, 4.69) is 4.72 Å². The molecule has 7 heteroatoms. The van der Waals surface area contributed by atoms with Crippen LogP contribution in [0, 0.1) is 31.3 Å². The molecule has 0 unspecified atom stereocenters. The molecule has 0 amide bonds. The molecule has 0 saturated carbocycles. The molecule has 1 N–H and O–H groups in total. The molecule has 0 radical (unpaired) electrons. The molecule has 0 heterocycles. The number of rotatable bonds is 4. The van der Waals surface area contributed by atoms with Crippen LogP contribution in [-0.2, 0) is 16.6 Å². The van der Waals surface area contributed by atoms with Gasteiger partial charge in [-0.2, -0.15) is 0 Å². The van der Waals surface area contributed by atoms with Gasteiger partial charge >= 0.3 is 0 Å². The summed E-state index contributed by atoms with van der Waals surface area (Å²) in [5.74, 6) is -4.98. The standard InChI is InChI=1S/C15H14F3NO2S/c1-9-4-3-5-11(10(9)2)8-19-22(20,21)13-7-6-12(16)14(17)15(13)18/h3-7,19H,8H2,1-2H3. The minimum absolute atomic E-state index is 0.0751. The molecule has 0 saturated heterocycles. The van der Waals surface area contributed by atoms with E-state index in [1.54, 1.807) is 12.1 Å². The summed E-state index contributed by atoms with van der Waals surface area (Å²) < 4.78 is 65.9. The maximum absolute atomic E-state index is 13.6. The zero-order chi connectivity index (χ0) is 16.5. The van der Waals surface area contributed by atoms with Gasteiger partial charge in [-0.3, -0.25) is 0 Å². The maximum atomic E-state index is 13.6. The lowest BCUT2D eigenvalue weighted by molar-refractivity contribution is 0.431. The fourth-order valence-electron chi connectivity index (χ4n) is 1.97. The Labute approximate surface area is 126 Å². The van der Waals surface area contributed by atoms with E-state index in [0.717, 1.165) is 11.1 Å². The zero-order valence-electron chi connectivity index (χ0n) is 12.0. The minimum Gasteiger partial charge on any atom is -0.207 e. The van der Waals surface area contributed by atoms with Crippen LogP contribution in [0.4, 0.5) is 13.2 Å². The van der Waals surface area contributed by atoms with Crippen LogP contribution in [0.25, 0.3) is 0 Å². The second-order valence-electron chi connectivity index (χ2n) is 4.86. The van der Waals surface area contributed by atoms with Crippen molar-refractivity contribution in [1.82, 2.24) is 4.72 Å². The van der Waals surface area contributed by atoms with E-state index >= 15 is 0 Å². The summed E-state index contributed by atoms with van der Waals surface area (Å²) in [5.41, 5.74) is 2.60. The van der Waals surface area contributed by atoms with Crippen LogP contribution in [-0.4, -0.2) is 8.42 Å². The lowest BCUT2D eigenvalue weighted by Gasteiger charge is -2.11. The van der Waals surface area contributed by atoms with Gasteiger partial charge in [0.15, 0.2) is 17.5 Å². The van der Waals surface area contributed by atoms with Crippen LogP contribution in [0.2, 0.25) is 0 Å². The molecule has 3 nitrogen and oxygen atoms in total. The fourth-order valence-corrected chi connectivity index (χ4v) is 3.04. The molecule has 2 rings (SSSR count). The molecule has 0 aliphatic rings. The summed E-state index contributed by atoms with van der Waals surface area (Å²) in [6.07, 6.45) is 0. The Morgan fingerprint density at radius 1 is 1.00 bits per heavy atom. The van der Waals surface area contributed by atoms with Crippen LogP contribution in [0.1, 0.15) is 16.7 Å². The minimum atomic E-state index is -4.29. The first kappa shape index (κ1) is 16.5. The third kappa shape index (κ3) is 3.15. The first-order valence-electron chi connectivity index (χ1n) is 6.42. The Hall–Kier alpha value is -1.86. The molecule has 2 aromatic rings. The summed E-state index contributed by atoms with van der Waals surface area (Å²) >= 11 is 0. The van der Waals surface area contributed by atoms with E-state index in [1.165, 1.54) is 0 Å². The lowest BCUT2D eigenvalue weighted by Crippen LogP contribution is -2.25. The molecule has 0 fully saturated rings. The lowest BCUT2D eigenvalue weighted by atomic mass is 10.0. The third-order valence-corrected chi connectivity index (χ3v) is 4.88. The normalized spacial score (nSPS) is 11.7. The topological polar surface area (TPSA) is 46.2 Å². The first-order valence-corrected chi connectivity index (χ1v) is 7.90. The number of halogens is 3. The molecule has 22 heavy (non-hydrogen) atoms. The monoisotopic (exact) mass is 329 g/mol. The summed E-state index contributed by atoms with van der Waals surface area (Å²) in [6, 6.07) is 6.64. The zero-order valence-corrected chi connectivity index (χ0v) is 12.8. The SMILES string of the molecule is Cc1cccc(CNS(=O)(=O)c2ccc(F)c(F)c2F)c1C. The Morgan fingerprint density at radius 3 is 2.36 bits per heavy atom. The van der Waals surface area contributed by atoms with Crippen LogP contribution >= 0.6 is 0 Å². The highest BCUT2D eigenvalue weighted by atomic mass is 32.2. The molecule has 0 spiro atoms. The van der Waals surface area contributed by atoms with Crippen molar-refractivity contribution < 1.29 is 21.6 Å².